The van der Waals surface area contributed by atoms with Gasteiger partial charge in [0.15, 0.2) is 5.65 Å². The molecule has 11 heteroatoms. The normalized spacial score (nSPS) is 13.2. The van der Waals surface area contributed by atoms with Crippen LogP contribution in [0.5, 0.6) is 0 Å². The number of urea groups is 1. The highest BCUT2D eigenvalue weighted by Gasteiger charge is 2.25. The number of amides is 2. The summed E-state index contributed by atoms with van der Waals surface area (Å²) in [5.74, 6) is -2.03. The number of primary amides is 1. The number of carbonyl (C=O) groups is 1. The largest absolute Gasteiger partial charge is 0.350 e. The van der Waals surface area contributed by atoms with Gasteiger partial charge in [0.2, 0.25) is 0 Å². The fourth-order valence-electron chi connectivity index (χ4n) is 3.36. The molecule has 0 saturated carbocycles. The van der Waals surface area contributed by atoms with Crippen molar-refractivity contribution in [2.75, 3.05) is 0 Å². The number of imidazole rings is 1. The molecule has 4 rings (SSSR count). The molecule has 0 saturated heterocycles. The lowest BCUT2D eigenvalue weighted by Gasteiger charge is -2.14. The number of rotatable bonds is 4. The van der Waals surface area contributed by atoms with Crippen LogP contribution in [0, 0.1) is 11.6 Å². The van der Waals surface area contributed by atoms with Crippen LogP contribution in [0.15, 0.2) is 35.7 Å². The molecule has 0 aliphatic rings. The molecule has 154 valence electrons. The van der Waals surface area contributed by atoms with Gasteiger partial charge in [0.1, 0.15) is 17.3 Å². The number of hydrazone groups is 1. The Balaban J connectivity index is 1.82. The number of carbonyl (C=O) groups excluding carboxylic acids is 1. The summed E-state index contributed by atoms with van der Waals surface area (Å²) in [6, 6.07) is 3.83. The number of aryl methyl sites for hydroxylation is 1. The molecule has 9 nitrogen and oxygen atoms in total. The zero-order valence-electron chi connectivity index (χ0n) is 16.4. The van der Waals surface area contributed by atoms with Gasteiger partial charge in [0, 0.05) is 24.6 Å². The van der Waals surface area contributed by atoms with Crippen molar-refractivity contribution in [3.05, 3.63) is 59.2 Å². The molecule has 3 N–H and O–H groups in total. The number of hydrogen-bond donors (Lipinski definition) is 2. The van der Waals surface area contributed by atoms with Crippen molar-refractivity contribution in [3.8, 4) is 0 Å². The summed E-state index contributed by atoms with van der Waals surface area (Å²) >= 11 is 0. The number of nitrogens with one attached hydrogen (secondary N) is 1. The Labute approximate surface area is 169 Å². The van der Waals surface area contributed by atoms with E-state index < -0.39 is 23.6 Å². The minimum Gasteiger partial charge on any atom is -0.350 e. The molecule has 1 unspecified atom stereocenters. The van der Waals surface area contributed by atoms with E-state index in [4.69, 9.17) is 5.73 Å². The second-order valence-electron chi connectivity index (χ2n) is 6.85. The Hall–Kier alpha value is -3.89. The first-order valence-corrected chi connectivity index (χ1v) is 9.02. The fourth-order valence-corrected chi connectivity index (χ4v) is 3.36. The maximum Gasteiger partial charge on any atom is 0.332 e. The van der Waals surface area contributed by atoms with Crippen molar-refractivity contribution in [2.45, 2.75) is 19.8 Å². The van der Waals surface area contributed by atoms with E-state index >= 15 is 4.39 Å². The molecule has 0 spiro atoms. The summed E-state index contributed by atoms with van der Waals surface area (Å²) in [5, 5.41) is 12.5. The second kappa shape index (κ2) is 7.17. The van der Waals surface area contributed by atoms with Crippen LogP contribution in [-0.2, 0) is 7.05 Å². The number of nitrogens with two attached hydrogens (primary N) is 1. The summed E-state index contributed by atoms with van der Waals surface area (Å²) in [4.78, 5) is 15.1. The van der Waals surface area contributed by atoms with Crippen LogP contribution in [-0.4, -0.2) is 36.1 Å². The smallest absolute Gasteiger partial charge is 0.332 e. The lowest BCUT2D eigenvalue weighted by molar-refractivity contribution is 0.249. The predicted octanol–water partition coefficient (Wildman–Crippen LogP) is 2.44. The Morgan fingerprint density at radius 1 is 1.30 bits per heavy atom. The molecule has 2 amide bonds. The number of aromatic nitrogens is 5. The molecular weight excluding hydrogens is 394 g/mol. The minimum atomic E-state index is -0.802. The van der Waals surface area contributed by atoms with E-state index in [0.717, 1.165) is 0 Å². The van der Waals surface area contributed by atoms with Crippen molar-refractivity contribution in [1.29, 1.82) is 0 Å². The van der Waals surface area contributed by atoms with Crippen LogP contribution in [0.2, 0.25) is 0 Å². The zero-order valence-corrected chi connectivity index (χ0v) is 16.4. The third kappa shape index (κ3) is 3.13. The monoisotopic (exact) mass is 412 g/mol. The van der Waals surface area contributed by atoms with Gasteiger partial charge in [-0.25, -0.2) is 28.5 Å². The summed E-state index contributed by atoms with van der Waals surface area (Å²) < 4.78 is 32.9. The highest BCUT2D eigenvalue weighted by Crippen LogP contribution is 2.33. The Morgan fingerprint density at radius 2 is 2.07 bits per heavy atom. The Kier molecular flexibility index (Phi) is 4.65. The molecule has 4 aromatic rings. The second-order valence-corrected chi connectivity index (χ2v) is 6.85. The third-order valence-electron chi connectivity index (χ3n) is 4.95. The quantitative estimate of drug-likeness (QED) is 0.396. The summed E-state index contributed by atoms with van der Waals surface area (Å²) in [6.45, 7) is 3.32. The van der Waals surface area contributed by atoms with Gasteiger partial charge in [-0.2, -0.15) is 15.3 Å². The SMILES string of the molecule is C/C(=N\NC(N)=O)c1ccc2ncc(C(C)c3c(F)cc4c(cnn4C)c3F)n2n1. The number of hydrogen-bond acceptors (Lipinski definition) is 5. The van der Waals surface area contributed by atoms with Crippen molar-refractivity contribution >= 4 is 28.3 Å². The summed E-state index contributed by atoms with van der Waals surface area (Å²) in [6.07, 6.45) is 2.90. The first-order valence-electron chi connectivity index (χ1n) is 9.02. The first kappa shape index (κ1) is 19.4. The van der Waals surface area contributed by atoms with Crippen molar-refractivity contribution in [3.63, 3.8) is 0 Å². The Bertz CT molecular complexity index is 1320. The van der Waals surface area contributed by atoms with Crippen LogP contribution in [0.1, 0.15) is 36.7 Å². The van der Waals surface area contributed by atoms with Crippen LogP contribution >= 0.6 is 0 Å². The molecule has 3 heterocycles. The van der Waals surface area contributed by atoms with Crippen LogP contribution in [0.4, 0.5) is 13.6 Å². The van der Waals surface area contributed by atoms with Gasteiger partial charge in [0.25, 0.3) is 0 Å². The van der Waals surface area contributed by atoms with Crippen molar-refractivity contribution in [2.24, 2.45) is 17.9 Å². The van der Waals surface area contributed by atoms with Gasteiger partial charge in [-0.3, -0.25) is 4.68 Å². The van der Waals surface area contributed by atoms with Gasteiger partial charge < -0.3 is 5.73 Å². The molecule has 30 heavy (non-hydrogen) atoms. The van der Waals surface area contributed by atoms with Crippen molar-refractivity contribution in [1.82, 2.24) is 29.8 Å². The van der Waals surface area contributed by atoms with E-state index in [1.165, 1.54) is 27.7 Å². The number of fused-ring (bicyclic) bond motifs is 2. The molecule has 0 aliphatic carbocycles. The van der Waals surface area contributed by atoms with E-state index in [2.05, 4.69) is 25.7 Å². The molecule has 1 atom stereocenters. The maximum absolute atomic E-state index is 15.2. The zero-order chi connectivity index (χ0) is 21.6. The van der Waals surface area contributed by atoms with Gasteiger partial charge in [0.05, 0.1) is 34.7 Å². The van der Waals surface area contributed by atoms with Crippen LogP contribution in [0.25, 0.3) is 16.6 Å². The molecular formula is C19H18F2N8O. The molecule has 0 aliphatic heterocycles. The predicted molar refractivity (Wildman–Crippen MR) is 106 cm³/mol. The highest BCUT2D eigenvalue weighted by atomic mass is 19.1. The summed E-state index contributed by atoms with van der Waals surface area (Å²) in [5.41, 5.74) is 9.26. The van der Waals surface area contributed by atoms with Gasteiger partial charge >= 0.3 is 6.03 Å². The number of halogens is 2. The number of nitrogens with zero attached hydrogens (tertiary/aromatic N) is 6. The molecule has 0 bridgehead atoms. The minimum absolute atomic E-state index is 0.0923. The lowest BCUT2D eigenvalue weighted by Crippen LogP contribution is -2.25. The average Bonchev–Trinajstić information content (AvgIpc) is 3.29. The topological polar surface area (TPSA) is 115 Å². The van der Waals surface area contributed by atoms with Crippen LogP contribution in [0.3, 0.4) is 0 Å². The van der Waals surface area contributed by atoms with E-state index in [9.17, 15) is 9.18 Å². The van der Waals surface area contributed by atoms with Gasteiger partial charge in [-0.1, -0.05) is 6.92 Å². The number of benzene rings is 1. The third-order valence-corrected chi connectivity index (χ3v) is 4.95. The van der Waals surface area contributed by atoms with Crippen molar-refractivity contribution < 1.29 is 13.6 Å². The van der Waals surface area contributed by atoms with Gasteiger partial charge in [-0.05, 0) is 19.1 Å². The van der Waals surface area contributed by atoms with E-state index in [-0.39, 0.29) is 10.9 Å². The summed E-state index contributed by atoms with van der Waals surface area (Å²) in [7, 11) is 1.62. The lowest BCUT2D eigenvalue weighted by atomic mass is 9.95. The van der Waals surface area contributed by atoms with Gasteiger partial charge in [-0.15, -0.1) is 0 Å². The molecule has 1 aromatic carbocycles. The maximum atomic E-state index is 15.2. The Morgan fingerprint density at radius 3 is 2.80 bits per heavy atom. The van der Waals surface area contributed by atoms with Crippen LogP contribution < -0.4 is 11.2 Å². The van der Waals surface area contributed by atoms with E-state index in [1.54, 1.807) is 33.0 Å². The standard InChI is InChI=1S/C19H18F2N8O/c1-9(17-12(20)6-14-11(18(17)21)7-24-28(14)3)15-8-23-16-5-4-13(27-29(15)16)10(2)25-26-19(22)30/h4-9H,1-3H3,(H3,22,26,30)/b25-10+. The molecule has 0 radical (unpaired) electrons. The molecule has 3 aromatic heterocycles. The fraction of sp³-hybridized carbons (Fsp3) is 0.211. The average molecular weight is 412 g/mol. The first-order chi connectivity index (χ1) is 14.3. The highest BCUT2D eigenvalue weighted by molar-refractivity contribution is 5.97. The van der Waals surface area contributed by atoms with E-state index in [0.29, 0.717) is 28.3 Å². The molecule has 0 fully saturated rings. The van der Waals surface area contributed by atoms with E-state index in [1.807, 2.05) is 0 Å².